The van der Waals surface area contributed by atoms with Crippen molar-refractivity contribution in [2.75, 3.05) is 0 Å². The molecule has 1 aromatic carbocycles. The van der Waals surface area contributed by atoms with E-state index < -0.39 is 0 Å². The number of carbonyl (C=O) groups is 1. The zero-order chi connectivity index (χ0) is 15.6. The van der Waals surface area contributed by atoms with Crippen LogP contribution in [0.4, 0.5) is 0 Å². The van der Waals surface area contributed by atoms with Gasteiger partial charge in [-0.1, -0.05) is 17.3 Å². The van der Waals surface area contributed by atoms with Gasteiger partial charge in [-0.25, -0.2) is 9.67 Å². The molecule has 2 N–H and O–H groups in total. The van der Waals surface area contributed by atoms with Crippen LogP contribution in [0.5, 0.6) is 0 Å². The SMILES string of the molecule is O=C1CCC(NC2=NC(n3nnc4ccccc43)C=CN2)CC1. The van der Waals surface area contributed by atoms with E-state index >= 15 is 0 Å². The van der Waals surface area contributed by atoms with Gasteiger partial charge < -0.3 is 10.6 Å². The second kappa shape index (κ2) is 5.83. The van der Waals surface area contributed by atoms with Crippen molar-refractivity contribution in [1.29, 1.82) is 0 Å². The van der Waals surface area contributed by atoms with Crippen LogP contribution in [0.25, 0.3) is 11.0 Å². The van der Waals surface area contributed by atoms with Gasteiger partial charge in [-0.05, 0) is 31.1 Å². The largest absolute Gasteiger partial charge is 0.353 e. The Labute approximate surface area is 133 Å². The summed E-state index contributed by atoms with van der Waals surface area (Å²) >= 11 is 0. The molecule has 1 aromatic heterocycles. The first-order valence-corrected chi connectivity index (χ1v) is 7.89. The molecule has 2 aromatic rings. The van der Waals surface area contributed by atoms with Crippen LogP contribution >= 0.6 is 0 Å². The molecule has 0 amide bonds. The Balaban J connectivity index is 1.53. The van der Waals surface area contributed by atoms with Crippen LogP contribution in [0.1, 0.15) is 31.8 Å². The van der Waals surface area contributed by atoms with E-state index in [-0.39, 0.29) is 6.17 Å². The third-order valence-corrected chi connectivity index (χ3v) is 4.26. The quantitative estimate of drug-likeness (QED) is 0.878. The Kier molecular flexibility index (Phi) is 3.53. The topological polar surface area (TPSA) is 84.2 Å². The third kappa shape index (κ3) is 2.81. The van der Waals surface area contributed by atoms with Crippen molar-refractivity contribution in [3.05, 3.63) is 36.5 Å². The number of Topliss-reactive ketones (excluding diaryl/α,β-unsaturated/α-hetero) is 1. The molecule has 4 rings (SSSR count). The van der Waals surface area contributed by atoms with Gasteiger partial charge in [0.2, 0.25) is 0 Å². The van der Waals surface area contributed by atoms with Crippen LogP contribution in [0, 0.1) is 0 Å². The van der Waals surface area contributed by atoms with Gasteiger partial charge in [0.15, 0.2) is 12.1 Å². The lowest BCUT2D eigenvalue weighted by Crippen LogP contribution is -2.44. The molecule has 1 fully saturated rings. The number of hydrogen-bond donors (Lipinski definition) is 2. The maximum absolute atomic E-state index is 11.3. The highest BCUT2D eigenvalue weighted by atomic mass is 16.1. The van der Waals surface area contributed by atoms with Crippen molar-refractivity contribution in [1.82, 2.24) is 25.6 Å². The second-order valence-electron chi connectivity index (χ2n) is 5.87. The molecule has 1 aliphatic heterocycles. The summed E-state index contributed by atoms with van der Waals surface area (Å²) in [6.07, 6.45) is 6.61. The van der Waals surface area contributed by atoms with Gasteiger partial charge in [0.25, 0.3) is 0 Å². The Bertz CT molecular complexity index is 783. The molecule has 2 aliphatic rings. The Morgan fingerprint density at radius 1 is 1.22 bits per heavy atom. The number of fused-ring (bicyclic) bond motifs is 1. The van der Waals surface area contributed by atoms with Gasteiger partial charge in [0.05, 0.1) is 5.52 Å². The van der Waals surface area contributed by atoms with E-state index in [2.05, 4.69) is 25.9 Å². The van der Waals surface area contributed by atoms with Crippen LogP contribution in [0.2, 0.25) is 0 Å². The highest BCUT2D eigenvalue weighted by Crippen LogP contribution is 2.19. The lowest BCUT2D eigenvalue weighted by molar-refractivity contribution is -0.120. The van der Waals surface area contributed by atoms with E-state index in [0.717, 1.165) is 29.8 Å². The summed E-state index contributed by atoms with van der Waals surface area (Å²) < 4.78 is 1.80. The molecular formula is C16H18N6O. The van der Waals surface area contributed by atoms with E-state index in [9.17, 15) is 4.79 Å². The lowest BCUT2D eigenvalue weighted by Gasteiger charge is -2.26. The van der Waals surface area contributed by atoms with E-state index in [4.69, 9.17) is 0 Å². The normalized spacial score (nSPS) is 22.0. The van der Waals surface area contributed by atoms with Crippen LogP contribution < -0.4 is 10.6 Å². The first-order chi connectivity index (χ1) is 11.3. The third-order valence-electron chi connectivity index (χ3n) is 4.26. The van der Waals surface area contributed by atoms with Gasteiger partial charge in [0, 0.05) is 25.1 Å². The van der Waals surface area contributed by atoms with Crippen LogP contribution in [-0.2, 0) is 4.79 Å². The zero-order valence-electron chi connectivity index (χ0n) is 12.6. The monoisotopic (exact) mass is 310 g/mol. The summed E-state index contributed by atoms with van der Waals surface area (Å²) in [6.45, 7) is 0. The molecule has 0 spiro atoms. The van der Waals surface area contributed by atoms with Crippen molar-refractivity contribution < 1.29 is 4.79 Å². The fourth-order valence-electron chi connectivity index (χ4n) is 3.00. The first-order valence-electron chi connectivity index (χ1n) is 7.89. The van der Waals surface area contributed by atoms with Gasteiger partial charge in [-0.3, -0.25) is 4.79 Å². The molecule has 0 bridgehead atoms. The van der Waals surface area contributed by atoms with Crippen molar-refractivity contribution in [2.24, 2.45) is 4.99 Å². The summed E-state index contributed by atoms with van der Waals surface area (Å²) in [5.41, 5.74) is 1.81. The van der Waals surface area contributed by atoms with E-state index in [0.29, 0.717) is 24.7 Å². The fraction of sp³-hybridized carbons (Fsp3) is 0.375. The molecule has 7 nitrogen and oxygen atoms in total. The maximum atomic E-state index is 11.3. The highest BCUT2D eigenvalue weighted by molar-refractivity contribution is 5.83. The molecular weight excluding hydrogens is 292 g/mol. The fourth-order valence-corrected chi connectivity index (χ4v) is 3.00. The number of hydrogen-bond acceptors (Lipinski definition) is 6. The number of aliphatic imine (C=N–C) groups is 1. The minimum Gasteiger partial charge on any atom is -0.353 e. The van der Waals surface area contributed by atoms with Gasteiger partial charge >= 0.3 is 0 Å². The minimum absolute atomic E-state index is 0.226. The number of carbonyl (C=O) groups excluding carboxylic acids is 1. The number of ketones is 1. The average molecular weight is 310 g/mol. The molecule has 2 heterocycles. The summed E-state index contributed by atoms with van der Waals surface area (Å²) in [7, 11) is 0. The summed E-state index contributed by atoms with van der Waals surface area (Å²) in [6, 6.07) is 8.12. The molecule has 1 aliphatic carbocycles. The standard InChI is InChI=1S/C16H18N6O/c23-12-7-5-11(6-8-12)18-16-17-10-9-15(19-16)22-14-4-2-1-3-13(14)20-21-22/h1-4,9-11,15H,5-8H2,(H2,17,18,19). The zero-order valence-corrected chi connectivity index (χ0v) is 12.6. The van der Waals surface area contributed by atoms with E-state index in [1.54, 1.807) is 4.68 Å². The van der Waals surface area contributed by atoms with Crippen molar-refractivity contribution in [2.45, 2.75) is 37.9 Å². The maximum Gasteiger partial charge on any atom is 0.198 e. The molecule has 23 heavy (non-hydrogen) atoms. The van der Waals surface area contributed by atoms with Gasteiger partial charge in [0.1, 0.15) is 11.3 Å². The van der Waals surface area contributed by atoms with Gasteiger partial charge in [-0.2, -0.15) is 0 Å². The average Bonchev–Trinajstić information content (AvgIpc) is 3.01. The van der Waals surface area contributed by atoms with Crippen molar-refractivity contribution in [3.63, 3.8) is 0 Å². The molecule has 0 radical (unpaired) electrons. The van der Waals surface area contributed by atoms with Gasteiger partial charge in [-0.15, -0.1) is 5.10 Å². The van der Waals surface area contributed by atoms with Crippen LogP contribution in [0.3, 0.4) is 0 Å². The van der Waals surface area contributed by atoms with E-state index in [1.807, 2.05) is 36.5 Å². The molecule has 1 unspecified atom stereocenters. The summed E-state index contributed by atoms with van der Waals surface area (Å²) in [4.78, 5) is 16.0. The predicted molar refractivity (Wildman–Crippen MR) is 86.7 cm³/mol. The smallest absolute Gasteiger partial charge is 0.198 e. The summed E-state index contributed by atoms with van der Waals surface area (Å²) in [5, 5.41) is 14.9. The summed E-state index contributed by atoms with van der Waals surface area (Å²) in [5.74, 6) is 1.07. The number of nitrogens with one attached hydrogen (secondary N) is 2. The van der Waals surface area contributed by atoms with Crippen molar-refractivity contribution >= 4 is 22.8 Å². The highest BCUT2D eigenvalue weighted by Gasteiger charge is 2.21. The number of nitrogens with zero attached hydrogens (tertiary/aromatic N) is 4. The Hall–Kier alpha value is -2.70. The lowest BCUT2D eigenvalue weighted by atomic mass is 9.94. The minimum atomic E-state index is -0.226. The Morgan fingerprint density at radius 3 is 2.91 bits per heavy atom. The number of benzene rings is 1. The van der Waals surface area contributed by atoms with Crippen LogP contribution in [-0.4, -0.2) is 32.8 Å². The Morgan fingerprint density at radius 2 is 2.04 bits per heavy atom. The second-order valence-corrected chi connectivity index (χ2v) is 5.87. The molecule has 0 saturated heterocycles. The number of aromatic nitrogens is 3. The number of guanidine groups is 1. The number of rotatable bonds is 2. The molecule has 118 valence electrons. The molecule has 7 heteroatoms. The molecule has 1 saturated carbocycles. The number of para-hydroxylation sites is 1. The predicted octanol–water partition coefficient (Wildman–Crippen LogP) is 1.50. The van der Waals surface area contributed by atoms with E-state index in [1.165, 1.54) is 0 Å². The molecule has 1 atom stereocenters. The van der Waals surface area contributed by atoms with Crippen molar-refractivity contribution in [3.8, 4) is 0 Å². The first kappa shape index (κ1) is 13.9. The van der Waals surface area contributed by atoms with Crippen LogP contribution in [0.15, 0.2) is 41.5 Å².